The number of ether oxygens (including phenoxy) is 1. The van der Waals surface area contributed by atoms with Crippen LogP contribution >= 0.6 is 0 Å². The van der Waals surface area contributed by atoms with Crippen molar-refractivity contribution in [2.75, 3.05) is 5.06 Å². The Balaban J connectivity index is 2.11. The Morgan fingerprint density at radius 1 is 1.05 bits per heavy atom. The van der Waals surface area contributed by atoms with Crippen molar-refractivity contribution in [1.29, 1.82) is 0 Å². The molecule has 0 radical (unpaired) electrons. The zero-order valence-corrected chi connectivity index (χ0v) is 10.1. The molecule has 1 aliphatic rings. The summed E-state index contributed by atoms with van der Waals surface area (Å²) < 4.78 is 5.76. The van der Waals surface area contributed by atoms with Crippen molar-refractivity contribution in [3.8, 4) is 11.5 Å². The van der Waals surface area contributed by atoms with E-state index in [1.165, 1.54) is 5.06 Å². The van der Waals surface area contributed by atoms with Crippen molar-refractivity contribution < 1.29 is 14.4 Å². The standard InChI is InChI=1S/C15H11NO3/c1-2-15(17)19-16-11-7-3-5-9-13(11)18-14-10-6-4-8-12(14)16/h2-10H,1H2. The van der Waals surface area contributed by atoms with Crippen LogP contribution in [0.3, 0.4) is 0 Å². The first-order valence-electron chi connectivity index (χ1n) is 5.80. The molecule has 0 N–H and O–H groups in total. The molecule has 0 amide bonds. The van der Waals surface area contributed by atoms with Gasteiger partial charge in [0, 0.05) is 6.08 Å². The largest absolute Gasteiger partial charge is 0.453 e. The molecular weight excluding hydrogens is 242 g/mol. The molecule has 2 aromatic carbocycles. The third kappa shape index (κ3) is 1.93. The van der Waals surface area contributed by atoms with Crippen LogP contribution in [0.1, 0.15) is 0 Å². The molecule has 0 aromatic heterocycles. The molecular formula is C15H11NO3. The van der Waals surface area contributed by atoms with E-state index in [0.717, 1.165) is 6.08 Å². The van der Waals surface area contributed by atoms with Gasteiger partial charge in [-0.2, -0.15) is 5.06 Å². The van der Waals surface area contributed by atoms with Crippen LogP contribution in [0.25, 0.3) is 0 Å². The Labute approximate surface area is 110 Å². The zero-order chi connectivity index (χ0) is 13.2. The normalized spacial score (nSPS) is 11.9. The molecule has 3 rings (SSSR count). The van der Waals surface area contributed by atoms with Gasteiger partial charge in [-0.3, -0.25) is 0 Å². The summed E-state index contributed by atoms with van der Waals surface area (Å²) >= 11 is 0. The topological polar surface area (TPSA) is 38.8 Å². The third-order valence-corrected chi connectivity index (χ3v) is 2.74. The van der Waals surface area contributed by atoms with Crippen LogP contribution in [0.15, 0.2) is 61.2 Å². The van der Waals surface area contributed by atoms with Crippen molar-refractivity contribution in [3.05, 3.63) is 61.2 Å². The number of hydrogen-bond acceptors (Lipinski definition) is 4. The van der Waals surface area contributed by atoms with Gasteiger partial charge in [-0.15, -0.1) is 0 Å². The Morgan fingerprint density at radius 2 is 1.58 bits per heavy atom. The summed E-state index contributed by atoms with van der Waals surface area (Å²) in [7, 11) is 0. The van der Waals surface area contributed by atoms with E-state index in [9.17, 15) is 4.79 Å². The molecule has 0 unspecified atom stereocenters. The van der Waals surface area contributed by atoms with Gasteiger partial charge in [-0.25, -0.2) is 4.79 Å². The highest BCUT2D eigenvalue weighted by atomic mass is 16.7. The lowest BCUT2D eigenvalue weighted by Gasteiger charge is -2.30. The minimum Gasteiger partial charge on any atom is -0.453 e. The quantitative estimate of drug-likeness (QED) is 0.767. The van der Waals surface area contributed by atoms with Gasteiger partial charge in [-0.1, -0.05) is 30.8 Å². The highest BCUT2D eigenvalue weighted by molar-refractivity contribution is 5.85. The van der Waals surface area contributed by atoms with Crippen LogP contribution < -0.4 is 9.80 Å². The van der Waals surface area contributed by atoms with Crippen LogP contribution in [0, 0.1) is 0 Å². The number of anilines is 2. The van der Waals surface area contributed by atoms with Crippen LogP contribution in [-0.2, 0) is 9.63 Å². The number of benzene rings is 2. The molecule has 0 spiro atoms. The lowest BCUT2D eigenvalue weighted by molar-refractivity contribution is -0.137. The number of nitrogens with zero attached hydrogens (tertiary/aromatic N) is 1. The average molecular weight is 253 g/mol. The van der Waals surface area contributed by atoms with Crippen molar-refractivity contribution in [3.63, 3.8) is 0 Å². The van der Waals surface area contributed by atoms with E-state index in [-0.39, 0.29) is 0 Å². The van der Waals surface area contributed by atoms with Crippen LogP contribution in [0.5, 0.6) is 11.5 Å². The second-order valence-corrected chi connectivity index (χ2v) is 3.95. The van der Waals surface area contributed by atoms with Gasteiger partial charge in [0.05, 0.1) is 0 Å². The van der Waals surface area contributed by atoms with Gasteiger partial charge in [0.2, 0.25) is 0 Å². The van der Waals surface area contributed by atoms with Gasteiger partial charge in [0.15, 0.2) is 11.5 Å². The maximum absolute atomic E-state index is 11.5. The molecule has 0 saturated carbocycles. The van der Waals surface area contributed by atoms with Gasteiger partial charge in [-0.05, 0) is 24.3 Å². The predicted molar refractivity (Wildman–Crippen MR) is 71.4 cm³/mol. The number of rotatable bonds is 2. The predicted octanol–water partition coefficient (Wildman–Crippen LogP) is 3.57. The van der Waals surface area contributed by atoms with E-state index >= 15 is 0 Å². The molecule has 0 fully saturated rings. The number of para-hydroxylation sites is 4. The summed E-state index contributed by atoms with van der Waals surface area (Å²) in [6.07, 6.45) is 1.13. The lowest BCUT2D eigenvalue weighted by Crippen LogP contribution is -2.24. The second-order valence-electron chi connectivity index (χ2n) is 3.95. The zero-order valence-electron chi connectivity index (χ0n) is 10.1. The van der Waals surface area contributed by atoms with Crippen LogP contribution in [0.4, 0.5) is 11.4 Å². The summed E-state index contributed by atoms with van der Waals surface area (Å²) in [5.74, 6) is 0.752. The highest BCUT2D eigenvalue weighted by Crippen LogP contribution is 2.46. The molecule has 2 aromatic rings. The van der Waals surface area contributed by atoms with Crippen LogP contribution in [0.2, 0.25) is 0 Å². The van der Waals surface area contributed by atoms with E-state index in [2.05, 4.69) is 6.58 Å². The highest BCUT2D eigenvalue weighted by Gasteiger charge is 2.26. The molecule has 0 bridgehead atoms. The monoisotopic (exact) mass is 253 g/mol. The van der Waals surface area contributed by atoms with Crippen molar-refractivity contribution in [2.45, 2.75) is 0 Å². The molecule has 1 aliphatic heterocycles. The Bertz CT molecular complexity index is 606. The Kier molecular flexibility index (Phi) is 2.68. The first-order chi connectivity index (χ1) is 9.29. The molecule has 0 atom stereocenters. The number of hydrogen-bond donors (Lipinski definition) is 0. The lowest BCUT2D eigenvalue weighted by atomic mass is 10.2. The van der Waals surface area contributed by atoms with Crippen molar-refractivity contribution in [2.24, 2.45) is 0 Å². The first-order valence-corrected chi connectivity index (χ1v) is 5.80. The van der Waals surface area contributed by atoms with Gasteiger partial charge < -0.3 is 9.57 Å². The fourth-order valence-electron chi connectivity index (χ4n) is 1.90. The summed E-state index contributed by atoms with van der Waals surface area (Å²) in [6, 6.07) is 14.7. The molecule has 4 nitrogen and oxygen atoms in total. The summed E-state index contributed by atoms with van der Waals surface area (Å²) in [6.45, 7) is 3.41. The smallest absolute Gasteiger partial charge is 0.355 e. The summed E-state index contributed by atoms with van der Waals surface area (Å²) in [4.78, 5) is 16.8. The molecule has 1 heterocycles. The van der Waals surface area contributed by atoms with Crippen molar-refractivity contribution in [1.82, 2.24) is 0 Å². The second kappa shape index (κ2) is 4.49. The van der Waals surface area contributed by atoms with Gasteiger partial charge in [0.1, 0.15) is 11.4 Å². The number of carbonyl (C=O) groups is 1. The maximum atomic E-state index is 11.5. The molecule has 0 saturated heterocycles. The molecule has 0 aliphatic carbocycles. The number of carbonyl (C=O) groups excluding carboxylic acids is 1. The average Bonchev–Trinajstić information content (AvgIpc) is 2.46. The summed E-state index contributed by atoms with van der Waals surface area (Å²) in [5.41, 5.74) is 1.35. The third-order valence-electron chi connectivity index (χ3n) is 2.74. The van der Waals surface area contributed by atoms with E-state index in [1.54, 1.807) is 0 Å². The number of fused-ring (bicyclic) bond motifs is 2. The van der Waals surface area contributed by atoms with E-state index in [1.807, 2.05) is 48.5 Å². The minimum atomic E-state index is -0.522. The van der Waals surface area contributed by atoms with E-state index in [0.29, 0.717) is 22.9 Å². The Hall–Kier alpha value is -2.75. The fraction of sp³-hybridized carbons (Fsp3) is 0. The molecule has 94 valence electrons. The van der Waals surface area contributed by atoms with Gasteiger partial charge >= 0.3 is 5.97 Å². The maximum Gasteiger partial charge on any atom is 0.355 e. The van der Waals surface area contributed by atoms with Crippen molar-refractivity contribution >= 4 is 17.3 Å². The van der Waals surface area contributed by atoms with Crippen LogP contribution in [-0.4, -0.2) is 5.97 Å². The fourth-order valence-corrected chi connectivity index (χ4v) is 1.90. The van der Waals surface area contributed by atoms with E-state index < -0.39 is 5.97 Å². The SMILES string of the molecule is C=CC(=O)ON1c2ccccc2Oc2ccccc21. The summed E-state index contributed by atoms with van der Waals surface area (Å²) in [5, 5.41) is 1.46. The molecule has 19 heavy (non-hydrogen) atoms. The minimum absolute atomic E-state index is 0.522. The Morgan fingerprint density at radius 3 is 2.11 bits per heavy atom. The van der Waals surface area contributed by atoms with Gasteiger partial charge in [0.25, 0.3) is 0 Å². The van der Waals surface area contributed by atoms with E-state index in [4.69, 9.17) is 9.57 Å². The first kappa shape index (κ1) is 11.3. The molecule has 4 heteroatoms.